The minimum atomic E-state index is -0.108. The number of methoxy groups -OCH3 is 1. The minimum Gasteiger partial charge on any atom is -0.497 e. The maximum atomic E-state index is 6.31. The molecule has 1 saturated heterocycles. The van der Waals surface area contributed by atoms with Crippen molar-refractivity contribution in [2.75, 3.05) is 31.6 Å². The molecule has 0 aromatic heterocycles. The van der Waals surface area contributed by atoms with E-state index < -0.39 is 0 Å². The van der Waals surface area contributed by atoms with E-state index in [4.69, 9.17) is 9.47 Å². The molecule has 1 unspecified atom stereocenters. The van der Waals surface area contributed by atoms with Crippen LogP contribution in [0.5, 0.6) is 11.5 Å². The summed E-state index contributed by atoms with van der Waals surface area (Å²) in [5.74, 6) is 2.04. The van der Waals surface area contributed by atoms with Gasteiger partial charge in [0, 0.05) is 43.3 Å². The van der Waals surface area contributed by atoms with Gasteiger partial charge in [0.15, 0.2) is 0 Å². The Bertz CT molecular complexity index is 902. The van der Waals surface area contributed by atoms with Gasteiger partial charge in [0.2, 0.25) is 0 Å². The molecule has 1 fully saturated rings. The summed E-state index contributed by atoms with van der Waals surface area (Å²) in [6.45, 7) is 14.2. The molecule has 2 aliphatic rings. The van der Waals surface area contributed by atoms with Crippen molar-refractivity contribution in [3.05, 3.63) is 52.1 Å². The number of rotatable bonds is 4. The molecule has 2 aliphatic heterocycles. The summed E-state index contributed by atoms with van der Waals surface area (Å²) in [4.78, 5) is 2.59. The van der Waals surface area contributed by atoms with E-state index >= 15 is 0 Å². The maximum Gasteiger partial charge on any atom is 0.127 e. The molecule has 29 heavy (non-hydrogen) atoms. The Morgan fingerprint density at radius 2 is 1.83 bits per heavy atom. The first-order valence-corrected chi connectivity index (χ1v) is 10.7. The molecular formula is C25H34N2O2. The summed E-state index contributed by atoms with van der Waals surface area (Å²) >= 11 is 0. The van der Waals surface area contributed by atoms with Gasteiger partial charge in [-0.3, -0.25) is 0 Å². The summed E-state index contributed by atoms with van der Waals surface area (Å²) in [7, 11) is 1.71. The van der Waals surface area contributed by atoms with E-state index in [1.54, 1.807) is 7.11 Å². The Labute approximate surface area is 175 Å². The number of anilines is 1. The fourth-order valence-electron chi connectivity index (χ4n) is 4.94. The van der Waals surface area contributed by atoms with Crippen LogP contribution in [-0.2, 0) is 12.8 Å². The normalized spacial score (nSPS) is 20.3. The summed E-state index contributed by atoms with van der Waals surface area (Å²) in [5.41, 5.74) is 8.13. The van der Waals surface area contributed by atoms with Crippen LogP contribution < -0.4 is 19.7 Å². The first-order chi connectivity index (χ1) is 13.8. The van der Waals surface area contributed by atoms with Crippen LogP contribution >= 0.6 is 0 Å². The number of benzene rings is 2. The third kappa shape index (κ3) is 3.83. The first-order valence-electron chi connectivity index (χ1n) is 10.7. The van der Waals surface area contributed by atoms with Gasteiger partial charge in [-0.1, -0.05) is 12.1 Å². The van der Waals surface area contributed by atoms with Gasteiger partial charge in [0.25, 0.3) is 0 Å². The molecule has 4 heteroatoms. The summed E-state index contributed by atoms with van der Waals surface area (Å²) in [6.07, 6.45) is 2.02. The standard InChI is InChI=1S/C25H34N2O2/c1-16-17(2)24-22(14-25(4,5)29-24)18(3)23(16)27-12-11-26-20(15-27)13-19-7-9-21(28-6)10-8-19/h7-10,20,26H,11-15H2,1-6H3. The van der Waals surface area contributed by atoms with Gasteiger partial charge >= 0.3 is 0 Å². The zero-order valence-corrected chi connectivity index (χ0v) is 18.7. The number of nitrogens with one attached hydrogen (secondary N) is 1. The van der Waals surface area contributed by atoms with Gasteiger partial charge in [-0.15, -0.1) is 0 Å². The van der Waals surface area contributed by atoms with E-state index in [1.165, 1.54) is 33.5 Å². The number of hydrogen-bond acceptors (Lipinski definition) is 4. The van der Waals surface area contributed by atoms with Crippen LogP contribution in [0, 0.1) is 20.8 Å². The quantitative estimate of drug-likeness (QED) is 0.836. The largest absolute Gasteiger partial charge is 0.497 e. The van der Waals surface area contributed by atoms with Crippen LogP contribution in [0.2, 0.25) is 0 Å². The molecule has 2 heterocycles. The molecule has 1 N–H and O–H groups in total. The average molecular weight is 395 g/mol. The van der Waals surface area contributed by atoms with Crippen molar-refractivity contribution in [2.24, 2.45) is 0 Å². The lowest BCUT2D eigenvalue weighted by molar-refractivity contribution is 0.137. The second kappa shape index (κ2) is 7.56. The van der Waals surface area contributed by atoms with E-state index in [0.717, 1.165) is 44.0 Å². The Morgan fingerprint density at radius 3 is 2.52 bits per heavy atom. The molecule has 0 spiro atoms. The number of hydrogen-bond donors (Lipinski definition) is 1. The monoisotopic (exact) mass is 394 g/mol. The molecule has 156 valence electrons. The van der Waals surface area contributed by atoms with Crippen molar-refractivity contribution >= 4 is 5.69 Å². The van der Waals surface area contributed by atoms with Crippen LogP contribution in [0.25, 0.3) is 0 Å². The van der Waals surface area contributed by atoms with Gasteiger partial charge in [0.1, 0.15) is 17.1 Å². The molecule has 4 rings (SSSR count). The van der Waals surface area contributed by atoms with Crippen molar-refractivity contribution in [3.63, 3.8) is 0 Å². The highest BCUT2D eigenvalue weighted by Gasteiger charge is 2.35. The van der Waals surface area contributed by atoms with E-state index in [1.807, 2.05) is 0 Å². The van der Waals surface area contributed by atoms with Crippen molar-refractivity contribution in [3.8, 4) is 11.5 Å². The highest BCUT2D eigenvalue weighted by atomic mass is 16.5. The van der Waals surface area contributed by atoms with Crippen LogP contribution in [0.1, 0.15) is 41.7 Å². The van der Waals surface area contributed by atoms with Gasteiger partial charge < -0.3 is 19.7 Å². The zero-order valence-electron chi connectivity index (χ0n) is 18.7. The predicted molar refractivity (Wildman–Crippen MR) is 120 cm³/mol. The van der Waals surface area contributed by atoms with Gasteiger partial charge in [-0.25, -0.2) is 0 Å². The molecule has 4 nitrogen and oxygen atoms in total. The zero-order chi connectivity index (χ0) is 20.8. The van der Waals surface area contributed by atoms with E-state index in [0.29, 0.717) is 6.04 Å². The Hall–Kier alpha value is -2.20. The fourth-order valence-corrected chi connectivity index (χ4v) is 4.94. The third-order valence-electron chi connectivity index (χ3n) is 6.53. The fraction of sp³-hybridized carbons (Fsp3) is 0.520. The number of fused-ring (bicyclic) bond motifs is 1. The number of piperazine rings is 1. The summed E-state index contributed by atoms with van der Waals surface area (Å²) < 4.78 is 11.6. The molecule has 1 atom stereocenters. The van der Waals surface area contributed by atoms with Crippen molar-refractivity contribution < 1.29 is 9.47 Å². The van der Waals surface area contributed by atoms with Crippen molar-refractivity contribution in [1.82, 2.24) is 5.32 Å². The smallest absolute Gasteiger partial charge is 0.127 e. The highest BCUT2D eigenvalue weighted by molar-refractivity contribution is 5.70. The van der Waals surface area contributed by atoms with Crippen LogP contribution in [0.4, 0.5) is 5.69 Å². The Balaban J connectivity index is 1.58. The van der Waals surface area contributed by atoms with E-state index in [-0.39, 0.29) is 5.60 Å². The second-order valence-electron chi connectivity index (χ2n) is 9.22. The SMILES string of the molecule is COc1ccc(CC2CN(c3c(C)c(C)c4c(c3C)CC(C)(C)O4)CCN2)cc1. The topological polar surface area (TPSA) is 33.7 Å². The molecule has 2 aromatic rings. The number of nitrogens with zero attached hydrogens (tertiary/aromatic N) is 1. The van der Waals surface area contributed by atoms with Crippen LogP contribution in [0.15, 0.2) is 24.3 Å². The maximum absolute atomic E-state index is 6.31. The third-order valence-corrected chi connectivity index (χ3v) is 6.53. The van der Waals surface area contributed by atoms with Crippen molar-refractivity contribution in [2.45, 2.75) is 59.1 Å². The van der Waals surface area contributed by atoms with Gasteiger partial charge in [0.05, 0.1) is 7.11 Å². The Morgan fingerprint density at radius 1 is 1.10 bits per heavy atom. The highest BCUT2D eigenvalue weighted by Crippen LogP contribution is 2.45. The molecule has 0 radical (unpaired) electrons. The average Bonchev–Trinajstić information content (AvgIpc) is 3.03. The van der Waals surface area contributed by atoms with E-state index in [9.17, 15) is 0 Å². The Kier molecular flexibility index (Phi) is 5.24. The molecule has 0 amide bonds. The summed E-state index contributed by atoms with van der Waals surface area (Å²) in [5, 5.41) is 3.72. The second-order valence-corrected chi connectivity index (χ2v) is 9.22. The van der Waals surface area contributed by atoms with Gasteiger partial charge in [-0.2, -0.15) is 0 Å². The lowest BCUT2D eigenvalue weighted by atomic mass is 9.91. The van der Waals surface area contributed by atoms with Crippen LogP contribution in [0.3, 0.4) is 0 Å². The lowest BCUT2D eigenvalue weighted by Crippen LogP contribution is -2.52. The number of ether oxygens (including phenoxy) is 2. The molecule has 0 aliphatic carbocycles. The molecule has 0 saturated carbocycles. The molecular weight excluding hydrogens is 360 g/mol. The molecule has 0 bridgehead atoms. The first kappa shape index (κ1) is 20.1. The van der Waals surface area contributed by atoms with E-state index in [2.05, 4.69) is 69.1 Å². The van der Waals surface area contributed by atoms with Gasteiger partial charge in [-0.05, 0) is 75.4 Å². The lowest BCUT2D eigenvalue weighted by Gasteiger charge is -2.38. The minimum absolute atomic E-state index is 0.108. The summed E-state index contributed by atoms with van der Waals surface area (Å²) in [6, 6.07) is 8.90. The molecule has 2 aromatic carbocycles. The van der Waals surface area contributed by atoms with Crippen molar-refractivity contribution in [1.29, 1.82) is 0 Å². The van der Waals surface area contributed by atoms with Crippen LogP contribution in [-0.4, -0.2) is 38.4 Å². The predicted octanol–water partition coefficient (Wildman–Crippen LogP) is 4.35.